The van der Waals surface area contributed by atoms with Crippen molar-refractivity contribution in [2.75, 3.05) is 13.1 Å². The van der Waals surface area contributed by atoms with E-state index in [1.807, 2.05) is 32.9 Å². The van der Waals surface area contributed by atoms with Crippen LogP contribution >= 0.6 is 0 Å². The van der Waals surface area contributed by atoms with Crippen LogP contribution in [0.4, 0.5) is 4.79 Å². The summed E-state index contributed by atoms with van der Waals surface area (Å²) in [6.45, 7) is 25.1. The Morgan fingerprint density at radius 3 is 2.33 bits per heavy atom. The van der Waals surface area contributed by atoms with Gasteiger partial charge < -0.3 is 24.0 Å². The van der Waals surface area contributed by atoms with Gasteiger partial charge in [-0.05, 0) is 108 Å². The van der Waals surface area contributed by atoms with Crippen LogP contribution in [-0.4, -0.2) is 67.2 Å². The zero-order chi connectivity index (χ0) is 38.4. The molecule has 0 spiro atoms. The van der Waals surface area contributed by atoms with Crippen molar-refractivity contribution in [2.45, 2.75) is 149 Å². The van der Waals surface area contributed by atoms with Gasteiger partial charge in [-0.15, -0.1) is 4.68 Å². The molecule has 2 heterocycles. The predicted molar refractivity (Wildman–Crippen MR) is 197 cm³/mol. The average molecular weight is 837 g/mol. The molecule has 14 nitrogen and oxygen atoms in total. The minimum absolute atomic E-state index is 0. The first-order valence-corrected chi connectivity index (χ1v) is 20.6. The zero-order valence-corrected chi connectivity index (χ0v) is 35.5. The number of carbonyl (C=O) groups excluding carboxylic acids is 2. The van der Waals surface area contributed by atoms with Gasteiger partial charge >= 0.3 is 12.1 Å². The number of azide groups is 1. The summed E-state index contributed by atoms with van der Waals surface area (Å²) in [7, 11) is -2.24. The van der Waals surface area contributed by atoms with E-state index in [1.54, 1.807) is 27.7 Å². The summed E-state index contributed by atoms with van der Waals surface area (Å²) in [6, 6.07) is 5.98. The molecule has 1 aromatic heterocycles. The van der Waals surface area contributed by atoms with Gasteiger partial charge in [0.1, 0.15) is 29.6 Å². The minimum atomic E-state index is -2.24. The van der Waals surface area contributed by atoms with E-state index in [0.717, 1.165) is 16.7 Å². The summed E-state index contributed by atoms with van der Waals surface area (Å²) in [6.07, 6.45) is 4.44. The molecule has 1 aliphatic heterocycles. The molecular weight excluding hydrogens is 777 g/mol. The van der Waals surface area contributed by atoms with E-state index in [2.05, 4.69) is 77.0 Å². The van der Waals surface area contributed by atoms with Crippen LogP contribution in [0.25, 0.3) is 21.6 Å². The molecular formula is C36H60N7O7PdSi+. The van der Waals surface area contributed by atoms with Gasteiger partial charge in [0.2, 0.25) is 11.8 Å². The van der Waals surface area contributed by atoms with Crippen molar-refractivity contribution >= 4 is 20.4 Å². The van der Waals surface area contributed by atoms with Crippen LogP contribution in [0.2, 0.25) is 18.1 Å². The molecule has 3 rings (SSSR count). The second kappa shape index (κ2) is 17.9. The van der Waals surface area contributed by atoms with Gasteiger partial charge in [0.25, 0.3) is 0 Å². The van der Waals surface area contributed by atoms with Gasteiger partial charge in [-0.1, -0.05) is 32.0 Å². The smallest absolute Gasteiger partial charge is 0.407 e. The molecule has 0 radical (unpaired) electrons. The SMILES string of the molecule is CC(C)(C)OC(=O)NCC(Cn1cc(-c2ccc3c(c2)CC[C@H](C(C)(ON)C(=O)OC(C)(C)C)O3)c[n+]1CCCN=[N+]=[N-])O[Si](C)(C)C(C)(C)C.[Pd]. The van der Waals surface area contributed by atoms with E-state index < -0.39 is 43.3 Å². The Kier molecular flexibility index (Phi) is 15.6. The van der Waals surface area contributed by atoms with Crippen molar-refractivity contribution in [1.29, 1.82) is 0 Å². The van der Waals surface area contributed by atoms with Crippen LogP contribution in [-0.2, 0) is 63.5 Å². The normalized spacial score (nSPS) is 16.6. The van der Waals surface area contributed by atoms with E-state index in [1.165, 1.54) is 0 Å². The predicted octanol–water partition coefficient (Wildman–Crippen LogP) is 6.74. The van der Waals surface area contributed by atoms with Crippen molar-refractivity contribution in [3.63, 3.8) is 0 Å². The van der Waals surface area contributed by atoms with Crippen LogP contribution in [0.3, 0.4) is 0 Å². The number of nitrogens with one attached hydrogen (secondary N) is 1. The largest absolute Gasteiger partial charge is 0.486 e. The van der Waals surface area contributed by atoms with Gasteiger partial charge in [-0.2, -0.15) is 4.68 Å². The number of esters is 1. The van der Waals surface area contributed by atoms with Crippen molar-refractivity contribution in [3.05, 3.63) is 46.6 Å². The molecule has 0 bridgehead atoms. The fraction of sp³-hybridized carbons (Fsp3) is 0.694. The number of fused-ring (bicyclic) bond motifs is 1. The molecule has 2 unspecified atom stereocenters. The molecule has 294 valence electrons. The van der Waals surface area contributed by atoms with Crippen molar-refractivity contribution in [1.82, 2.24) is 10.00 Å². The van der Waals surface area contributed by atoms with Crippen molar-refractivity contribution in [2.24, 2.45) is 11.0 Å². The Balaban J connectivity index is 0.00000936. The third-order valence-electron chi connectivity index (χ3n) is 9.15. The number of alkyl carbamates (subject to hydrolysis) is 1. The average Bonchev–Trinajstić information content (AvgIpc) is 3.40. The summed E-state index contributed by atoms with van der Waals surface area (Å²) in [5.41, 5.74) is 8.96. The number of hydrogen-bond donors (Lipinski definition) is 2. The maximum Gasteiger partial charge on any atom is 0.407 e. The van der Waals surface area contributed by atoms with Gasteiger partial charge in [-0.25, -0.2) is 15.5 Å². The number of aryl methyl sites for hydroxylation is 2. The van der Waals surface area contributed by atoms with Crippen LogP contribution in [0.15, 0.2) is 35.7 Å². The van der Waals surface area contributed by atoms with E-state index in [-0.39, 0.29) is 38.1 Å². The summed E-state index contributed by atoms with van der Waals surface area (Å²) >= 11 is 0. The maximum absolute atomic E-state index is 13.1. The number of ether oxygens (including phenoxy) is 3. The molecule has 0 fully saturated rings. The topological polar surface area (TPSA) is 176 Å². The quantitative estimate of drug-likeness (QED) is 0.0307. The first-order chi connectivity index (χ1) is 23.5. The number of amides is 1. The number of aromatic nitrogens is 2. The zero-order valence-electron chi connectivity index (χ0n) is 33.0. The molecule has 3 atom stereocenters. The van der Waals surface area contributed by atoms with E-state index in [0.29, 0.717) is 44.6 Å². The molecule has 3 N–H and O–H groups in total. The Morgan fingerprint density at radius 1 is 1.10 bits per heavy atom. The molecule has 1 amide bonds. The number of benzene rings is 1. The van der Waals surface area contributed by atoms with Crippen molar-refractivity contribution in [3.8, 4) is 16.9 Å². The third-order valence-corrected chi connectivity index (χ3v) is 13.7. The fourth-order valence-corrected chi connectivity index (χ4v) is 6.74. The van der Waals surface area contributed by atoms with Crippen LogP contribution < -0.4 is 20.6 Å². The standard InChI is InChI=1S/C36H59N7O7Si.Pd/c1-33(2,3)47-31(44)36(10,50-38)30-17-15-26-20-25(14-16-29(26)46-30)27-22-42(19-13-18-40-41-37)43(23-27)24-28(49-51(11,12)35(7,8)9)21-39-32(45)48-34(4,5)6;/h14,16,20,22-23,28,30H,13,15,17-19,21,24,38H2,1-12H3;/p+1/t28?,30-,36?;/m1./s1. The number of rotatable bonds is 14. The Labute approximate surface area is 323 Å². The van der Waals surface area contributed by atoms with Crippen molar-refractivity contribution < 1.29 is 58.2 Å². The molecule has 2 aromatic rings. The van der Waals surface area contributed by atoms with Crippen LogP contribution in [0.1, 0.15) is 87.6 Å². The first kappa shape index (κ1) is 45.2. The molecule has 1 aromatic carbocycles. The Bertz CT molecular complexity index is 1580. The van der Waals surface area contributed by atoms with Gasteiger partial charge in [0.15, 0.2) is 14.9 Å². The van der Waals surface area contributed by atoms with Crippen LogP contribution in [0, 0.1) is 0 Å². The van der Waals surface area contributed by atoms with Gasteiger partial charge in [-0.3, -0.25) is 4.84 Å². The molecule has 16 heteroatoms. The Hall–Kier alpha value is -2.96. The van der Waals surface area contributed by atoms with E-state index in [4.69, 9.17) is 34.9 Å². The minimum Gasteiger partial charge on any atom is -0.486 e. The van der Waals surface area contributed by atoms with E-state index >= 15 is 0 Å². The second-order valence-corrected chi connectivity index (χ2v) is 21.6. The molecule has 1 aliphatic rings. The van der Waals surface area contributed by atoms with Crippen LogP contribution in [0.5, 0.6) is 5.75 Å². The molecule has 0 saturated carbocycles. The maximum atomic E-state index is 13.1. The molecule has 52 heavy (non-hydrogen) atoms. The summed E-state index contributed by atoms with van der Waals surface area (Å²) < 4.78 is 28.5. The Morgan fingerprint density at radius 2 is 1.75 bits per heavy atom. The summed E-state index contributed by atoms with van der Waals surface area (Å²) in [5.74, 6) is 5.72. The van der Waals surface area contributed by atoms with Gasteiger partial charge in [0.05, 0.1) is 17.9 Å². The first-order valence-electron chi connectivity index (χ1n) is 17.6. The molecule has 0 aliphatic carbocycles. The second-order valence-electron chi connectivity index (χ2n) is 16.9. The summed E-state index contributed by atoms with van der Waals surface area (Å²) in [4.78, 5) is 33.8. The number of nitrogens with two attached hydrogens (primary N) is 1. The monoisotopic (exact) mass is 836 g/mol. The summed E-state index contributed by atoms with van der Waals surface area (Å²) in [5, 5.41) is 6.59. The number of carbonyl (C=O) groups is 2. The number of nitrogens with zero attached hydrogens (tertiary/aromatic N) is 5. The third kappa shape index (κ3) is 12.6. The fourth-order valence-electron chi connectivity index (χ4n) is 5.40. The van der Waals surface area contributed by atoms with E-state index in [9.17, 15) is 9.59 Å². The number of hydrogen-bond acceptors (Lipinski definition) is 9. The molecule has 0 saturated heterocycles. The van der Waals surface area contributed by atoms with Gasteiger partial charge in [0, 0.05) is 44.8 Å².